The molecule has 68 valence electrons. The van der Waals surface area contributed by atoms with Gasteiger partial charge in [-0.25, -0.2) is 13.8 Å². The van der Waals surface area contributed by atoms with Gasteiger partial charge in [0, 0.05) is 5.39 Å². The van der Waals surface area contributed by atoms with Crippen LogP contribution in [0.5, 0.6) is 0 Å². The Kier molecular flexibility index (Phi) is 2.17. The summed E-state index contributed by atoms with van der Waals surface area (Å²) in [4.78, 5) is 4.34. The predicted octanol–water partition coefficient (Wildman–Crippen LogP) is 3.89. The summed E-state index contributed by atoms with van der Waals surface area (Å²) < 4.78 is 24.5. The fraction of sp³-hybridized carbons (Fsp3) is 0.125. The molecule has 0 saturated carbocycles. The Morgan fingerprint density at radius 3 is 2.92 bits per heavy atom. The van der Waals surface area contributed by atoms with Gasteiger partial charge in [0.15, 0.2) is 0 Å². The summed E-state index contributed by atoms with van der Waals surface area (Å²) in [5.74, 6) is 0. The maximum absolute atomic E-state index is 12.3. The molecule has 1 nitrogen and oxygen atoms in total. The van der Waals surface area contributed by atoms with Gasteiger partial charge < -0.3 is 0 Å². The third-order valence-electron chi connectivity index (χ3n) is 1.63. The predicted molar refractivity (Wildman–Crippen MR) is 49.6 cm³/mol. The molecule has 0 saturated heterocycles. The Morgan fingerprint density at radius 2 is 2.23 bits per heavy atom. The van der Waals surface area contributed by atoms with Crippen molar-refractivity contribution in [3.8, 4) is 0 Å². The average molecular weight is 220 g/mol. The zero-order valence-corrected chi connectivity index (χ0v) is 7.87. The molecule has 0 aliphatic rings. The van der Waals surface area contributed by atoms with Crippen LogP contribution < -0.4 is 0 Å². The lowest BCUT2D eigenvalue weighted by molar-refractivity contribution is 0.146. The van der Waals surface area contributed by atoms with Gasteiger partial charge in [0.25, 0.3) is 6.43 Å². The number of hydrogen-bond donors (Lipinski definition) is 0. The SMILES string of the molecule is FC(F)c1cc(Cl)c2ccsc2n1. The topological polar surface area (TPSA) is 12.9 Å². The van der Waals surface area contributed by atoms with Crippen molar-refractivity contribution in [3.05, 3.63) is 28.2 Å². The van der Waals surface area contributed by atoms with E-state index < -0.39 is 6.43 Å². The molecule has 0 N–H and O–H groups in total. The van der Waals surface area contributed by atoms with E-state index in [4.69, 9.17) is 11.6 Å². The van der Waals surface area contributed by atoms with Gasteiger partial charge in [0.2, 0.25) is 0 Å². The molecule has 0 aromatic carbocycles. The first kappa shape index (κ1) is 8.84. The third kappa shape index (κ3) is 1.51. The molecule has 13 heavy (non-hydrogen) atoms. The van der Waals surface area contributed by atoms with Crippen LogP contribution in [0.3, 0.4) is 0 Å². The van der Waals surface area contributed by atoms with Crippen LogP contribution in [0.15, 0.2) is 17.5 Å². The van der Waals surface area contributed by atoms with Crippen molar-refractivity contribution in [2.24, 2.45) is 0 Å². The minimum Gasteiger partial charge on any atom is -0.236 e. The van der Waals surface area contributed by atoms with Crippen molar-refractivity contribution in [2.45, 2.75) is 6.43 Å². The summed E-state index contributed by atoms with van der Waals surface area (Å²) >= 11 is 7.09. The Hall–Kier alpha value is -0.740. The van der Waals surface area contributed by atoms with Crippen LogP contribution in [0, 0.1) is 0 Å². The zero-order valence-electron chi connectivity index (χ0n) is 6.30. The quantitative estimate of drug-likeness (QED) is 0.709. The second-order valence-electron chi connectivity index (χ2n) is 2.47. The molecule has 2 heterocycles. The van der Waals surface area contributed by atoms with Crippen LogP contribution in [-0.2, 0) is 0 Å². The lowest BCUT2D eigenvalue weighted by Crippen LogP contribution is -1.88. The zero-order chi connectivity index (χ0) is 9.42. The second kappa shape index (κ2) is 3.20. The van der Waals surface area contributed by atoms with Gasteiger partial charge in [0.1, 0.15) is 10.5 Å². The van der Waals surface area contributed by atoms with E-state index in [1.807, 2.05) is 0 Å². The minimum atomic E-state index is -2.57. The molecule has 0 aliphatic carbocycles. The van der Waals surface area contributed by atoms with Gasteiger partial charge in [-0.2, -0.15) is 0 Å². The van der Waals surface area contributed by atoms with Gasteiger partial charge in [-0.15, -0.1) is 11.3 Å². The molecule has 0 unspecified atom stereocenters. The van der Waals surface area contributed by atoms with Crippen LogP contribution in [-0.4, -0.2) is 4.98 Å². The maximum Gasteiger partial charge on any atom is 0.280 e. The molecule has 0 spiro atoms. The molecular weight excluding hydrogens is 216 g/mol. The monoisotopic (exact) mass is 219 g/mol. The van der Waals surface area contributed by atoms with Gasteiger partial charge in [-0.3, -0.25) is 0 Å². The number of alkyl halides is 2. The minimum absolute atomic E-state index is 0.264. The summed E-state index contributed by atoms with van der Waals surface area (Å²) in [6, 6.07) is 2.98. The van der Waals surface area contributed by atoms with E-state index in [0.29, 0.717) is 9.85 Å². The highest BCUT2D eigenvalue weighted by molar-refractivity contribution is 7.16. The van der Waals surface area contributed by atoms with E-state index in [2.05, 4.69) is 4.98 Å². The van der Waals surface area contributed by atoms with Crippen molar-refractivity contribution >= 4 is 33.2 Å². The van der Waals surface area contributed by atoms with Crippen molar-refractivity contribution in [1.29, 1.82) is 0 Å². The van der Waals surface area contributed by atoms with Crippen molar-refractivity contribution in [1.82, 2.24) is 4.98 Å². The van der Waals surface area contributed by atoms with E-state index in [1.54, 1.807) is 11.4 Å². The molecular formula is C8H4ClF2NS. The molecule has 0 bridgehead atoms. The number of hydrogen-bond acceptors (Lipinski definition) is 2. The van der Waals surface area contributed by atoms with E-state index >= 15 is 0 Å². The van der Waals surface area contributed by atoms with Gasteiger partial charge >= 0.3 is 0 Å². The van der Waals surface area contributed by atoms with Crippen LogP contribution in [0.2, 0.25) is 5.02 Å². The van der Waals surface area contributed by atoms with Crippen molar-refractivity contribution < 1.29 is 8.78 Å². The molecule has 2 aromatic heterocycles. The molecule has 0 amide bonds. The Labute approximate surface area is 82.0 Å². The third-order valence-corrected chi connectivity index (χ3v) is 2.75. The van der Waals surface area contributed by atoms with Crippen LogP contribution in [0.25, 0.3) is 10.2 Å². The van der Waals surface area contributed by atoms with Crippen LogP contribution in [0.4, 0.5) is 8.78 Å². The molecule has 2 rings (SSSR count). The van der Waals surface area contributed by atoms with Crippen molar-refractivity contribution in [3.63, 3.8) is 0 Å². The van der Waals surface area contributed by atoms with E-state index in [-0.39, 0.29) is 5.69 Å². The largest absolute Gasteiger partial charge is 0.280 e. The normalized spacial score (nSPS) is 11.4. The van der Waals surface area contributed by atoms with E-state index in [0.717, 1.165) is 5.39 Å². The number of halogens is 3. The fourth-order valence-corrected chi connectivity index (χ4v) is 2.15. The Bertz CT molecular complexity index is 441. The average Bonchev–Trinajstić information content (AvgIpc) is 2.51. The number of nitrogens with zero attached hydrogens (tertiary/aromatic N) is 1. The van der Waals surface area contributed by atoms with Crippen LogP contribution in [0.1, 0.15) is 12.1 Å². The first-order valence-electron chi connectivity index (χ1n) is 3.50. The first-order chi connectivity index (χ1) is 6.18. The second-order valence-corrected chi connectivity index (χ2v) is 3.77. The summed E-state index contributed by atoms with van der Waals surface area (Å²) in [7, 11) is 0. The number of thiophene rings is 1. The van der Waals surface area contributed by atoms with E-state index in [9.17, 15) is 8.78 Å². The first-order valence-corrected chi connectivity index (χ1v) is 4.76. The lowest BCUT2D eigenvalue weighted by Gasteiger charge is -1.99. The number of aromatic nitrogens is 1. The number of rotatable bonds is 1. The highest BCUT2D eigenvalue weighted by atomic mass is 35.5. The molecule has 2 aromatic rings. The molecule has 0 radical (unpaired) electrons. The number of fused-ring (bicyclic) bond motifs is 1. The summed E-state index contributed by atoms with van der Waals surface area (Å²) in [6.45, 7) is 0. The van der Waals surface area contributed by atoms with Crippen molar-refractivity contribution in [2.75, 3.05) is 0 Å². The standard InChI is InChI=1S/C8H4ClF2NS/c9-5-3-6(7(10)11)12-8-4(5)1-2-13-8/h1-3,7H. The summed E-state index contributed by atoms with van der Waals surface area (Å²) in [5, 5.41) is 2.84. The fourth-order valence-electron chi connectivity index (χ4n) is 1.04. The Morgan fingerprint density at radius 1 is 1.46 bits per heavy atom. The van der Waals surface area contributed by atoms with Gasteiger partial charge in [-0.1, -0.05) is 11.6 Å². The number of pyridine rings is 1. The van der Waals surface area contributed by atoms with Gasteiger partial charge in [-0.05, 0) is 17.5 Å². The molecule has 0 fully saturated rings. The smallest absolute Gasteiger partial charge is 0.236 e. The lowest BCUT2D eigenvalue weighted by atomic mass is 10.3. The summed E-state index contributed by atoms with van der Waals surface area (Å²) in [5.41, 5.74) is -0.264. The Balaban J connectivity index is 2.70. The molecule has 0 aliphatic heterocycles. The van der Waals surface area contributed by atoms with Crippen LogP contribution >= 0.6 is 22.9 Å². The maximum atomic E-state index is 12.3. The molecule has 5 heteroatoms. The highest BCUT2D eigenvalue weighted by Crippen LogP contribution is 2.30. The highest BCUT2D eigenvalue weighted by Gasteiger charge is 2.12. The van der Waals surface area contributed by atoms with Gasteiger partial charge in [0.05, 0.1) is 5.02 Å². The van der Waals surface area contributed by atoms with E-state index in [1.165, 1.54) is 17.4 Å². The molecule has 0 atom stereocenters. The summed E-state index contributed by atoms with van der Waals surface area (Å²) in [6.07, 6.45) is -2.57.